The van der Waals surface area contributed by atoms with Gasteiger partial charge in [-0.2, -0.15) is 5.10 Å². The lowest BCUT2D eigenvalue weighted by Gasteiger charge is -2.21. The lowest BCUT2D eigenvalue weighted by atomic mass is 10.1. The molecule has 5 nitrogen and oxygen atoms in total. The molecule has 0 saturated heterocycles. The van der Waals surface area contributed by atoms with Gasteiger partial charge < -0.3 is 4.52 Å². The molecule has 1 atom stereocenters. The van der Waals surface area contributed by atoms with E-state index in [9.17, 15) is 0 Å². The molecule has 1 aromatic carbocycles. The molecule has 2 heterocycles. The third-order valence-corrected chi connectivity index (χ3v) is 4.16. The largest absolute Gasteiger partial charge is 0.364 e. The van der Waals surface area contributed by atoms with E-state index in [0.29, 0.717) is 6.54 Å². The van der Waals surface area contributed by atoms with E-state index in [1.807, 2.05) is 43.0 Å². The zero-order valence-electron chi connectivity index (χ0n) is 12.2. The van der Waals surface area contributed by atoms with Gasteiger partial charge in [-0.15, -0.1) is 0 Å². The van der Waals surface area contributed by atoms with Gasteiger partial charge in [-0.25, -0.2) is 0 Å². The van der Waals surface area contributed by atoms with E-state index in [1.54, 1.807) is 6.26 Å². The van der Waals surface area contributed by atoms with E-state index < -0.39 is 0 Å². The van der Waals surface area contributed by atoms with Crippen LogP contribution >= 0.6 is 11.6 Å². The number of rotatable bonds is 4. The minimum absolute atomic E-state index is 0.142. The Bertz CT molecular complexity index is 750. The Kier molecular flexibility index (Phi) is 3.69. The second-order valence-corrected chi connectivity index (χ2v) is 5.63. The fourth-order valence-electron chi connectivity index (χ4n) is 2.50. The van der Waals surface area contributed by atoms with Crippen LogP contribution in [-0.2, 0) is 13.6 Å². The Morgan fingerprint density at radius 3 is 2.90 bits per heavy atom. The number of hydrogen-bond acceptors (Lipinski definition) is 4. The van der Waals surface area contributed by atoms with E-state index in [1.165, 1.54) is 0 Å². The zero-order chi connectivity index (χ0) is 15.0. The van der Waals surface area contributed by atoms with Crippen LogP contribution in [0.15, 0.2) is 35.1 Å². The van der Waals surface area contributed by atoms with E-state index in [4.69, 9.17) is 16.1 Å². The lowest BCUT2D eigenvalue weighted by Crippen LogP contribution is -2.22. The summed E-state index contributed by atoms with van der Waals surface area (Å²) < 4.78 is 6.78. The molecule has 0 amide bonds. The topological polar surface area (TPSA) is 47.1 Å². The molecule has 2 aromatic heterocycles. The average Bonchev–Trinajstić information content (AvgIpc) is 3.08. The second-order valence-electron chi connectivity index (χ2n) is 5.22. The molecule has 0 fully saturated rings. The Hall–Kier alpha value is -1.85. The smallest absolute Gasteiger partial charge is 0.124 e. The van der Waals surface area contributed by atoms with Gasteiger partial charge in [-0.05, 0) is 26.1 Å². The Labute approximate surface area is 128 Å². The molecule has 0 aliphatic heterocycles. The molecular formula is C15H17ClN4O. The maximum atomic E-state index is 6.34. The maximum Gasteiger partial charge on any atom is 0.124 e. The standard InChI is InChI=1S/C15H17ClN4O/c1-10(12-7-8-21-18-12)19(2)9-13-15-11(16)5-4-6-14(15)20(3)17-13/h4-8,10H,9H2,1-3H3. The minimum Gasteiger partial charge on any atom is -0.364 e. The van der Waals surface area contributed by atoms with Gasteiger partial charge in [0.2, 0.25) is 0 Å². The molecule has 0 saturated carbocycles. The van der Waals surface area contributed by atoms with Gasteiger partial charge in [-0.1, -0.05) is 22.8 Å². The van der Waals surface area contributed by atoms with Crippen LogP contribution in [0.2, 0.25) is 5.02 Å². The number of fused-ring (bicyclic) bond motifs is 1. The quantitative estimate of drug-likeness (QED) is 0.741. The summed E-state index contributed by atoms with van der Waals surface area (Å²) in [4.78, 5) is 2.17. The maximum absolute atomic E-state index is 6.34. The van der Waals surface area contributed by atoms with Crippen molar-refractivity contribution in [1.29, 1.82) is 0 Å². The highest BCUT2D eigenvalue weighted by Gasteiger charge is 2.18. The molecule has 0 radical (unpaired) electrons. The number of hydrogen-bond donors (Lipinski definition) is 0. The van der Waals surface area contributed by atoms with E-state index in [-0.39, 0.29) is 6.04 Å². The SMILES string of the molecule is CC(c1ccon1)N(C)Cc1nn(C)c2cccc(Cl)c12. The first-order valence-electron chi connectivity index (χ1n) is 6.78. The summed E-state index contributed by atoms with van der Waals surface area (Å²) in [5, 5.41) is 10.3. The first-order chi connectivity index (χ1) is 10.1. The highest BCUT2D eigenvalue weighted by molar-refractivity contribution is 6.35. The molecule has 21 heavy (non-hydrogen) atoms. The highest BCUT2D eigenvalue weighted by atomic mass is 35.5. The van der Waals surface area contributed by atoms with Crippen LogP contribution in [0.1, 0.15) is 24.4 Å². The van der Waals surface area contributed by atoms with Gasteiger partial charge in [-0.3, -0.25) is 9.58 Å². The first kappa shape index (κ1) is 14.1. The summed E-state index contributed by atoms with van der Waals surface area (Å²) in [6.07, 6.45) is 1.59. The summed E-state index contributed by atoms with van der Waals surface area (Å²) >= 11 is 6.34. The van der Waals surface area contributed by atoms with Crippen LogP contribution in [0.25, 0.3) is 10.9 Å². The predicted molar refractivity (Wildman–Crippen MR) is 82.1 cm³/mol. The molecule has 1 unspecified atom stereocenters. The molecule has 6 heteroatoms. The third kappa shape index (κ3) is 2.54. The van der Waals surface area contributed by atoms with Gasteiger partial charge in [0, 0.05) is 25.0 Å². The summed E-state index contributed by atoms with van der Waals surface area (Å²) in [6, 6.07) is 7.89. The molecular weight excluding hydrogens is 288 g/mol. The molecule has 110 valence electrons. The molecule has 3 aromatic rings. The van der Waals surface area contributed by atoms with Crippen molar-refractivity contribution >= 4 is 22.5 Å². The monoisotopic (exact) mass is 304 g/mol. The van der Waals surface area contributed by atoms with Crippen LogP contribution in [0.3, 0.4) is 0 Å². The van der Waals surface area contributed by atoms with E-state index >= 15 is 0 Å². The number of aromatic nitrogens is 3. The highest BCUT2D eigenvalue weighted by Crippen LogP contribution is 2.28. The van der Waals surface area contributed by atoms with Crippen molar-refractivity contribution in [1.82, 2.24) is 19.8 Å². The number of halogens is 1. The Balaban J connectivity index is 1.91. The molecule has 0 aliphatic carbocycles. The average molecular weight is 305 g/mol. The molecule has 0 spiro atoms. The zero-order valence-corrected chi connectivity index (χ0v) is 13.0. The van der Waals surface area contributed by atoms with Crippen molar-refractivity contribution < 1.29 is 4.52 Å². The molecule has 3 rings (SSSR count). The number of nitrogens with zero attached hydrogens (tertiary/aromatic N) is 4. The fourth-order valence-corrected chi connectivity index (χ4v) is 2.78. The van der Waals surface area contributed by atoms with Gasteiger partial charge >= 0.3 is 0 Å². The van der Waals surface area contributed by atoms with Gasteiger partial charge in [0.25, 0.3) is 0 Å². The fraction of sp³-hybridized carbons (Fsp3) is 0.333. The normalized spacial score (nSPS) is 13.2. The third-order valence-electron chi connectivity index (χ3n) is 3.85. The minimum atomic E-state index is 0.142. The van der Waals surface area contributed by atoms with Crippen molar-refractivity contribution in [2.75, 3.05) is 7.05 Å². The van der Waals surface area contributed by atoms with Gasteiger partial charge in [0.15, 0.2) is 0 Å². The van der Waals surface area contributed by atoms with Crippen molar-refractivity contribution in [2.45, 2.75) is 19.5 Å². The number of aryl methyl sites for hydroxylation is 1. The predicted octanol–water partition coefficient (Wildman–Crippen LogP) is 3.41. The van der Waals surface area contributed by atoms with Gasteiger partial charge in [0.05, 0.1) is 22.3 Å². The summed E-state index contributed by atoms with van der Waals surface area (Å²) in [6.45, 7) is 2.78. The molecule has 0 aliphatic rings. The van der Waals surface area contributed by atoms with Gasteiger partial charge in [0.1, 0.15) is 12.0 Å². The molecule has 0 bridgehead atoms. The van der Waals surface area contributed by atoms with E-state index in [2.05, 4.69) is 22.1 Å². The summed E-state index contributed by atoms with van der Waals surface area (Å²) in [7, 11) is 3.97. The van der Waals surface area contributed by atoms with Crippen LogP contribution in [0, 0.1) is 0 Å². The van der Waals surface area contributed by atoms with E-state index in [0.717, 1.165) is 27.3 Å². The van der Waals surface area contributed by atoms with Crippen LogP contribution in [0.5, 0.6) is 0 Å². The summed E-state index contributed by atoms with van der Waals surface area (Å²) in [5.41, 5.74) is 2.92. The van der Waals surface area contributed by atoms with Crippen molar-refractivity contribution in [3.05, 3.63) is 46.9 Å². The van der Waals surface area contributed by atoms with Crippen molar-refractivity contribution in [3.8, 4) is 0 Å². The van der Waals surface area contributed by atoms with Crippen LogP contribution < -0.4 is 0 Å². The van der Waals surface area contributed by atoms with Crippen LogP contribution in [0.4, 0.5) is 0 Å². The Morgan fingerprint density at radius 1 is 1.38 bits per heavy atom. The van der Waals surface area contributed by atoms with Crippen LogP contribution in [-0.4, -0.2) is 26.9 Å². The lowest BCUT2D eigenvalue weighted by molar-refractivity contribution is 0.238. The molecule has 0 N–H and O–H groups in total. The second kappa shape index (κ2) is 5.50. The first-order valence-corrected chi connectivity index (χ1v) is 7.16. The summed E-state index contributed by atoms with van der Waals surface area (Å²) in [5.74, 6) is 0. The van der Waals surface area contributed by atoms with Crippen molar-refractivity contribution in [3.63, 3.8) is 0 Å². The van der Waals surface area contributed by atoms with Crippen molar-refractivity contribution in [2.24, 2.45) is 7.05 Å². The number of benzene rings is 1. The Morgan fingerprint density at radius 2 is 2.19 bits per heavy atom.